The van der Waals surface area contributed by atoms with Gasteiger partial charge >= 0.3 is 5.69 Å². The van der Waals surface area contributed by atoms with Crippen molar-refractivity contribution >= 4 is 27.1 Å². The van der Waals surface area contributed by atoms with E-state index in [1.807, 2.05) is 19.9 Å². The number of rotatable bonds is 1. The van der Waals surface area contributed by atoms with Crippen molar-refractivity contribution in [3.63, 3.8) is 0 Å². The third kappa shape index (κ3) is 1.37. The fraction of sp³-hybridized carbons (Fsp3) is 0.333. The maximum Gasteiger partial charge on any atom is 0.327 e. The van der Waals surface area contributed by atoms with E-state index in [1.54, 1.807) is 10.8 Å². The first-order chi connectivity index (χ1) is 6.59. The van der Waals surface area contributed by atoms with Gasteiger partial charge in [0.2, 0.25) is 0 Å². The molecule has 14 heavy (non-hydrogen) atoms. The zero-order valence-electron chi connectivity index (χ0n) is 7.91. The first-order valence-corrected chi connectivity index (χ1v) is 5.14. The maximum absolute atomic E-state index is 11.5. The van der Waals surface area contributed by atoms with Crippen LogP contribution >= 0.6 is 15.9 Å². The molecule has 0 unspecified atom stereocenters. The summed E-state index contributed by atoms with van der Waals surface area (Å²) < 4.78 is 2.50. The molecule has 2 aromatic heterocycles. The van der Waals surface area contributed by atoms with Crippen molar-refractivity contribution in [2.24, 2.45) is 0 Å². The highest BCUT2D eigenvalue weighted by atomic mass is 79.9. The average Bonchev–Trinajstić information content (AvgIpc) is 2.39. The van der Waals surface area contributed by atoms with Crippen LogP contribution in [0.4, 0.5) is 0 Å². The quantitative estimate of drug-likeness (QED) is 0.849. The van der Waals surface area contributed by atoms with Crippen molar-refractivity contribution < 1.29 is 0 Å². The summed E-state index contributed by atoms with van der Waals surface area (Å²) in [4.78, 5) is 18.5. The molecular formula is C9H10BrN3O. The summed E-state index contributed by atoms with van der Waals surface area (Å²) in [6, 6.07) is 1.97. The molecule has 0 aliphatic heterocycles. The van der Waals surface area contributed by atoms with Gasteiger partial charge in [-0.3, -0.25) is 4.57 Å². The Hall–Kier alpha value is -1.10. The van der Waals surface area contributed by atoms with Crippen molar-refractivity contribution in [3.05, 3.63) is 27.2 Å². The van der Waals surface area contributed by atoms with Crippen LogP contribution in [0.3, 0.4) is 0 Å². The number of fused-ring (bicyclic) bond motifs is 1. The first-order valence-electron chi connectivity index (χ1n) is 4.35. The highest BCUT2D eigenvalue weighted by molar-refractivity contribution is 9.10. The van der Waals surface area contributed by atoms with E-state index in [-0.39, 0.29) is 11.7 Å². The molecule has 2 heterocycles. The number of hydrogen-bond donors (Lipinski definition) is 1. The molecule has 2 aromatic rings. The minimum atomic E-state index is -0.111. The molecular weight excluding hydrogens is 246 g/mol. The number of aromatic nitrogens is 3. The molecule has 0 fully saturated rings. The summed E-state index contributed by atoms with van der Waals surface area (Å²) in [6.07, 6.45) is 1.69. The van der Waals surface area contributed by atoms with Crippen LogP contribution in [0.5, 0.6) is 0 Å². The van der Waals surface area contributed by atoms with E-state index < -0.39 is 0 Å². The fourth-order valence-corrected chi connectivity index (χ4v) is 1.80. The van der Waals surface area contributed by atoms with Crippen LogP contribution in [0.25, 0.3) is 11.2 Å². The number of nitrogens with zero attached hydrogens (tertiary/aromatic N) is 2. The topological polar surface area (TPSA) is 50.7 Å². The second-order valence-corrected chi connectivity index (χ2v) is 4.33. The second-order valence-electron chi connectivity index (χ2n) is 3.42. The molecule has 5 heteroatoms. The summed E-state index contributed by atoms with van der Waals surface area (Å²) in [5, 5.41) is 0. The standard InChI is InChI=1S/C9H10BrN3O/c1-5(2)13-8-7(12-9(13)14)3-6(10)4-11-8/h3-5H,1-2H3,(H,12,14). The fourth-order valence-electron chi connectivity index (χ4n) is 1.47. The molecule has 0 atom stereocenters. The zero-order chi connectivity index (χ0) is 10.3. The molecule has 0 aromatic carbocycles. The average molecular weight is 256 g/mol. The summed E-state index contributed by atoms with van der Waals surface area (Å²) in [7, 11) is 0. The van der Waals surface area contributed by atoms with E-state index >= 15 is 0 Å². The Morgan fingerprint density at radius 3 is 2.93 bits per heavy atom. The van der Waals surface area contributed by atoms with Gasteiger partial charge in [-0.15, -0.1) is 0 Å². The van der Waals surface area contributed by atoms with E-state index in [0.717, 1.165) is 9.99 Å². The van der Waals surface area contributed by atoms with E-state index in [1.165, 1.54) is 0 Å². The van der Waals surface area contributed by atoms with Crippen molar-refractivity contribution in [1.82, 2.24) is 14.5 Å². The molecule has 0 amide bonds. The predicted octanol–water partition coefficient (Wildman–Crippen LogP) is 2.07. The van der Waals surface area contributed by atoms with Crippen molar-refractivity contribution in [2.45, 2.75) is 19.9 Å². The van der Waals surface area contributed by atoms with Gasteiger partial charge in [-0.2, -0.15) is 0 Å². The Balaban J connectivity index is 2.84. The van der Waals surface area contributed by atoms with Gasteiger partial charge in [0.05, 0.1) is 5.52 Å². The van der Waals surface area contributed by atoms with Gasteiger partial charge in [0.15, 0.2) is 5.65 Å². The Morgan fingerprint density at radius 2 is 2.29 bits per heavy atom. The van der Waals surface area contributed by atoms with E-state index in [2.05, 4.69) is 25.9 Å². The van der Waals surface area contributed by atoms with Gasteiger partial charge in [-0.1, -0.05) is 0 Å². The number of aromatic amines is 1. The van der Waals surface area contributed by atoms with Crippen LogP contribution in [0.2, 0.25) is 0 Å². The number of halogens is 1. The van der Waals surface area contributed by atoms with Gasteiger partial charge in [0.1, 0.15) is 0 Å². The van der Waals surface area contributed by atoms with Gasteiger partial charge in [-0.25, -0.2) is 9.78 Å². The predicted molar refractivity (Wildman–Crippen MR) is 58.4 cm³/mol. The number of imidazole rings is 1. The Morgan fingerprint density at radius 1 is 1.57 bits per heavy atom. The van der Waals surface area contributed by atoms with E-state index in [0.29, 0.717) is 5.65 Å². The van der Waals surface area contributed by atoms with Crippen molar-refractivity contribution in [3.8, 4) is 0 Å². The molecule has 0 bridgehead atoms. The molecule has 0 saturated carbocycles. The third-order valence-corrected chi connectivity index (χ3v) is 2.47. The molecule has 0 aliphatic rings. The largest absolute Gasteiger partial charge is 0.327 e. The van der Waals surface area contributed by atoms with Crippen LogP contribution < -0.4 is 5.69 Å². The maximum atomic E-state index is 11.5. The molecule has 0 saturated heterocycles. The van der Waals surface area contributed by atoms with E-state index in [4.69, 9.17) is 0 Å². The smallest absolute Gasteiger partial charge is 0.304 e. The van der Waals surface area contributed by atoms with Crippen LogP contribution in [0.1, 0.15) is 19.9 Å². The lowest BCUT2D eigenvalue weighted by molar-refractivity contribution is 0.593. The summed E-state index contributed by atoms with van der Waals surface area (Å²) in [5.41, 5.74) is 1.35. The lowest BCUT2D eigenvalue weighted by Gasteiger charge is -2.05. The monoisotopic (exact) mass is 255 g/mol. The minimum absolute atomic E-state index is 0.111. The Kier molecular flexibility index (Phi) is 2.19. The second kappa shape index (κ2) is 3.24. The molecule has 0 radical (unpaired) electrons. The molecule has 0 spiro atoms. The molecule has 74 valence electrons. The molecule has 0 aliphatic carbocycles. The first kappa shape index (κ1) is 9.45. The van der Waals surface area contributed by atoms with Crippen molar-refractivity contribution in [1.29, 1.82) is 0 Å². The van der Waals surface area contributed by atoms with Gasteiger partial charge < -0.3 is 4.98 Å². The van der Waals surface area contributed by atoms with Gasteiger partial charge in [-0.05, 0) is 35.8 Å². The van der Waals surface area contributed by atoms with Crippen LogP contribution in [0.15, 0.2) is 21.5 Å². The van der Waals surface area contributed by atoms with Crippen molar-refractivity contribution in [2.75, 3.05) is 0 Å². The van der Waals surface area contributed by atoms with Crippen LogP contribution in [0, 0.1) is 0 Å². The molecule has 4 nitrogen and oxygen atoms in total. The minimum Gasteiger partial charge on any atom is -0.304 e. The summed E-state index contributed by atoms with van der Waals surface area (Å²) in [6.45, 7) is 3.91. The van der Waals surface area contributed by atoms with Gasteiger partial charge in [0, 0.05) is 16.7 Å². The van der Waals surface area contributed by atoms with Crippen LogP contribution in [-0.2, 0) is 0 Å². The molecule has 1 N–H and O–H groups in total. The number of nitrogens with one attached hydrogen (secondary N) is 1. The zero-order valence-corrected chi connectivity index (χ0v) is 9.50. The number of hydrogen-bond acceptors (Lipinski definition) is 2. The molecule has 2 rings (SSSR count). The SMILES string of the molecule is CC(C)n1c(=O)[nH]c2cc(Br)cnc21. The Labute approximate surface area is 89.1 Å². The highest BCUT2D eigenvalue weighted by Gasteiger charge is 2.10. The number of pyridine rings is 1. The van der Waals surface area contributed by atoms with E-state index in [9.17, 15) is 4.79 Å². The third-order valence-electron chi connectivity index (χ3n) is 2.04. The normalized spacial score (nSPS) is 11.4. The number of H-pyrrole nitrogens is 1. The Bertz CT molecular complexity index is 526. The lowest BCUT2D eigenvalue weighted by atomic mass is 10.4. The highest BCUT2D eigenvalue weighted by Crippen LogP contribution is 2.16. The van der Waals surface area contributed by atoms with Crippen LogP contribution in [-0.4, -0.2) is 14.5 Å². The lowest BCUT2D eigenvalue weighted by Crippen LogP contribution is -2.18. The summed E-state index contributed by atoms with van der Waals surface area (Å²) in [5.74, 6) is 0. The van der Waals surface area contributed by atoms with Gasteiger partial charge in [0.25, 0.3) is 0 Å². The summed E-state index contributed by atoms with van der Waals surface area (Å²) >= 11 is 3.31.